The van der Waals surface area contributed by atoms with E-state index in [0.29, 0.717) is 28.3 Å². The highest BCUT2D eigenvalue weighted by molar-refractivity contribution is 6.23. The molecule has 5 heteroatoms. The molecular weight excluding hydrogens is 342 g/mol. The quantitative estimate of drug-likeness (QED) is 0.596. The van der Waals surface area contributed by atoms with Gasteiger partial charge >= 0.3 is 5.97 Å². The number of esters is 1. The first-order valence-corrected chi connectivity index (χ1v) is 8.71. The lowest BCUT2D eigenvalue weighted by Gasteiger charge is -2.17. The number of nitrogens with zero attached hydrogens (tertiary/aromatic N) is 1. The number of carbonyl (C=O) groups excluding carboxylic acids is 2. The van der Waals surface area contributed by atoms with Crippen molar-refractivity contribution in [3.63, 3.8) is 0 Å². The van der Waals surface area contributed by atoms with Gasteiger partial charge < -0.3 is 9.47 Å². The molecule has 0 unspecified atom stereocenters. The number of methoxy groups -OCH3 is 1. The molecule has 0 atom stereocenters. The molecule has 0 N–H and O–H groups in total. The highest BCUT2D eigenvalue weighted by Gasteiger charge is 2.38. The van der Waals surface area contributed by atoms with Crippen LogP contribution < -0.4 is 9.64 Å². The molecule has 0 bridgehead atoms. The predicted molar refractivity (Wildman–Crippen MR) is 104 cm³/mol. The van der Waals surface area contributed by atoms with Gasteiger partial charge in [-0.25, -0.2) is 4.79 Å². The Labute approximate surface area is 158 Å². The van der Waals surface area contributed by atoms with Gasteiger partial charge in [0.05, 0.1) is 24.9 Å². The third kappa shape index (κ3) is 3.49. The number of amides is 1. The molecule has 3 rings (SSSR count). The number of carbonyl (C=O) groups is 2. The van der Waals surface area contributed by atoms with Crippen molar-refractivity contribution in [3.8, 4) is 5.75 Å². The molecule has 5 nitrogen and oxygen atoms in total. The van der Waals surface area contributed by atoms with Crippen molar-refractivity contribution in [2.45, 2.75) is 13.8 Å². The minimum atomic E-state index is -0.511. The summed E-state index contributed by atoms with van der Waals surface area (Å²) in [5, 5.41) is 0. The van der Waals surface area contributed by atoms with E-state index in [1.165, 1.54) is 4.90 Å². The Balaban J connectivity index is 2.15. The average molecular weight is 363 g/mol. The molecule has 0 spiro atoms. The van der Waals surface area contributed by atoms with E-state index in [0.717, 1.165) is 0 Å². The molecule has 138 valence electrons. The lowest BCUT2D eigenvalue weighted by Crippen LogP contribution is -2.24. The van der Waals surface area contributed by atoms with E-state index in [1.807, 2.05) is 48.5 Å². The smallest absolute Gasteiger partial charge is 0.340 e. The minimum absolute atomic E-state index is 0.233. The van der Waals surface area contributed by atoms with Gasteiger partial charge in [-0.05, 0) is 38.1 Å². The summed E-state index contributed by atoms with van der Waals surface area (Å²) in [5.74, 6) is -0.160. The first kappa shape index (κ1) is 18.5. The first-order chi connectivity index (χ1) is 13.1. The number of rotatable bonds is 5. The SMILES string of the molecule is CCOC(=O)C1=C(C)N(c2ccccc2)C(=O)/C1=C/c1ccccc1OC. The Hall–Kier alpha value is -3.34. The van der Waals surface area contributed by atoms with Crippen molar-refractivity contribution >= 4 is 23.6 Å². The summed E-state index contributed by atoms with van der Waals surface area (Å²) in [6.45, 7) is 3.72. The third-order valence-electron chi connectivity index (χ3n) is 4.33. The maximum absolute atomic E-state index is 13.2. The van der Waals surface area contributed by atoms with Crippen LogP contribution in [0.3, 0.4) is 0 Å². The fraction of sp³-hybridized carbons (Fsp3) is 0.182. The molecule has 2 aromatic rings. The zero-order valence-corrected chi connectivity index (χ0v) is 15.6. The summed E-state index contributed by atoms with van der Waals surface area (Å²) in [4.78, 5) is 27.3. The molecule has 1 aliphatic rings. The number of para-hydroxylation sites is 2. The molecule has 2 aromatic carbocycles. The molecule has 0 aromatic heterocycles. The second-order valence-electron chi connectivity index (χ2n) is 5.96. The Morgan fingerprint density at radius 3 is 2.41 bits per heavy atom. The summed E-state index contributed by atoms with van der Waals surface area (Å²) in [7, 11) is 1.57. The van der Waals surface area contributed by atoms with Gasteiger partial charge in [0.2, 0.25) is 0 Å². The Bertz CT molecular complexity index is 928. The minimum Gasteiger partial charge on any atom is -0.496 e. The predicted octanol–water partition coefficient (Wildman–Crippen LogP) is 3.96. The van der Waals surface area contributed by atoms with Gasteiger partial charge in [0.15, 0.2) is 0 Å². The topological polar surface area (TPSA) is 55.8 Å². The normalized spacial score (nSPS) is 15.4. The molecule has 1 heterocycles. The highest BCUT2D eigenvalue weighted by Crippen LogP contribution is 2.36. The fourth-order valence-corrected chi connectivity index (χ4v) is 3.11. The maximum atomic E-state index is 13.2. The van der Waals surface area contributed by atoms with Crippen LogP contribution in [0.2, 0.25) is 0 Å². The van der Waals surface area contributed by atoms with Gasteiger partial charge in [-0.1, -0.05) is 36.4 Å². The summed E-state index contributed by atoms with van der Waals surface area (Å²) < 4.78 is 10.6. The fourth-order valence-electron chi connectivity index (χ4n) is 3.11. The zero-order valence-electron chi connectivity index (χ0n) is 15.6. The second kappa shape index (κ2) is 7.91. The molecular formula is C22H21NO4. The number of hydrogen-bond donors (Lipinski definition) is 0. The van der Waals surface area contributed by atoms with Crippen LogP contribution >= 0.6 is 0 Å². The largest absolute Gasteiger partial charge is 0.496 e. The molecule has 1 amide bonds. The molecule has 1 aliphatic heterocycles. The summed E-state index contributed by atoms with van der Waals surface area (Å²) in [5.41, 5.74) is 2.53. The van der Waals surface area contributed by atoms with Gasteiger partial charge in [0.1, 0.15) is 5.75 Å². The molecule has 0 saturated heterocycles. The zero-order chi connectivity index (χ0) is 19.4. The molecule has 0 fully saturated rings. The highest BCUT2D eigenvalue weighted by atomic mass is 16.5. The van der Waals surface area contributed by atoms with E-state index in [1.54, 1.807) is 33.1 Å². The van der Waals surface area contributed by atoms with Gasteiger partial charge in [0, 0.05) is 16.9 Å². The number of allylic oxidation sites excluding steroid dienone is 1. The standard InChI is InChI=1S/C22H21NO4/c1-4-27-22(25)20-15(2)23(17-11-6-5-7-12-17)21(24)18(20)14-16-10-8-9-13-19(16)26-3/h5-14H,4H2,1-3H3/b18-14+. The van der Waals surface area contributed by atoms with Crippen LogP contribution in [0.15, 0.2) is 71.4 Å². The first-order valence-electron chi connectivity index (χ1n) is 8.71. The second-order valence-corrected chi connectivity index (χ2v) is 5.96. The van der Waals surface area contributed by atoms with E-state index in [4.69, 9.17) is 9.47 Å². The van der Waals surface area contributed by atoms with Crippen molar-refractivity contribution in [1.29, 1.82) is 0 Å². The van der Waals surface area contributed by atoms with Crippen molar-refractivity contribution in [2.75, 3.05) is 18.6 Å². The van der Waals surface area contributed by atoms with Crippen LogP contribution in [0.4, 0.5) is 5.69 Å². The average Bonchev–Trinajstić information content (AvgIpc) is 2.93. The molecule has 0 saturated carbocycles. The third-order valence-corrected chi connectivity index (χ3v) is 4.33. The van der Waals surface area contributed by atoms with Gasteiger partial charge in [0.25, 0.3) is 5.91 Å². The molecule has 0 aliphatic carbocycles. The van der Waals surface area contributed by atoms with Crippen molar-refractivity contribution in [3.05, 3.63) is 77.0 Å². The van der Waals surface area contributed by atoms with Crippen LogP contribution in [0.1, 0.15) is 19.4 Å². The van der Waals surface area contributed by atoms with E-state index in [-0.39, 0.29) is 18.1 Å². The Kier molecular flexibility index (Phi) is 5.41. The van der Waals surface area contributed by atoms with Gasteiger partial charge in [-0.15, -0.1) is 0 Å². The summed E-state index contributed by atoms with van der Waals surface area (Å²) in [6, 6.07) is 16.6. The Morgan fingerprint density at radius 2 is 1.74 bits per heavy atom. The maximum Gasteiger partial charge on any atom is 0.340 e. The number of benzene rings is 2. The van der Waals surface area contributed by atoms with Crippen molar-refractivity contribution in [2.24, 2.45) is 0 Å². The van der Waals surface area contributed by atoms with E-state index < -0.39 is 5.97 Å². The molecule has 0 radical (unpaired) electrons. The summed E-state index contributed by atoms with van der Waals surface area (Å²) in [6.07, 6.45) is 1.68. The Morgan fingerprint density at radius 1 is 1.07 bits per heavy atom. The molecule has 27 heavy (non-hydrogen) atoms. The van der Waals surface area contributed by atoms with Gasteiger partial charge in [-0.2, -0.15) is 0 Å². The van der Waals surface area contributed by atoms with Crippen LogP contribution in [-0.2, 0) is 14.3 Å². The number of ether oxygens (including phenoxy) is 2. The van der Waals surface area contributed by atoms with Gasteiger partial charge in [-0.3, -0.25) is 9.69 Å². The number of anilines is 1. The number of hydrogen-bond acceptors (Lipinski definition) is 4. The van der Waals surface area contributed by atoms with Crippen molar-refractivity contribution < 1.29 is 19.1 Å². The lowest BCUT2D eigenvalue weighted by molar-refractivity contribution is -0.138. The van der Waals surface area contributed by atoms with E-state index in [2.05, 4.69) is 0 Å². The van der Waals surface area contributed by atoms with Crippen LogP contribution in [0, 0.1) is 0 Å². The van der Waals surface area contributed by atoms with Crippen LogP contribution in [-0.4, -0.2) is 25.6 Å². The van der Waals surface area contributed by atoms with Crippen LogP contribution in [0.5, 0.6) is 5.75 Å². The lowest BCUT2D eigenvalue weighted by atomic mass is 10.0. The summed E-state index contributed by atoms with van der Waals surface area (Å²) >= 11 is 0. The van der Waals surface area contributed by atoms with E-state index in [9.17, 15) is 9.59 Å². The van der Waals surface area contributed by atoms with Crippen molar-refractivity contribution in [1.82, 2.24) is 0 Å². The monoisotopic (exact) mass is 363 g/mol. The van der Waals surface area contributed by atoms with E-state index >= 15 is 0 Å². The van der Waals surface area contributed by atoms with Crippen LogP contribution in [0.25, 0.3) is 6.08 Å².